The molecular formula is C64H44N2O2. The number of furan rings is 2. The molecule has 13 aromatic rings. The van der Waals surface area contributed by atoms with E-state index in [0.717, 1.165) is 78.3 Å². The fraction of sp³-hybridized carbons (Fsp3) is 0.109. The van der Waals surface area contributed by atoms with Crippen LogP contribution in [0.5, 0.6) is 0 Å². The largest absolute Gasteiger partial charge is 0.456 e. The molecule has 2 aliphatic rings. The summed E-state index contributed by atoms with van der Waals surface area (Å²) in [7, 11) is 0. The first kappa shape index (κ1) is 38.0. The van der Waals surface area contributed by atoms with Crippen LogP contribution in [0, 0.1) is 17.8 Å². The van der Waals surface area contributed by atoms with Crippen molar-refractivity contribution in [2.24, 2.45) is 22.7 Å². The van der Waals surface area contributed by atoms with Crippen LogP contribution < -0.4 is 0 Å². The van der Waals surface area contributed by atoms with E-state index < -0.39 is 5.54 Å². The summed E-state index contributed by atoms with van der Waals surface area (Å²) in [5.74, 6) is 0.391. The number of hydrogen-bond acceptors (Lipinski definition) is 3. The Balaban J connectivity index is 1.05. The van der Waals surface area contributed by atoms with Crippen LogP contribution >= 0.6 is 0 Å². The van der Waals surface area contributed by atoms with Crippen molar-refractivity contribution in [3.05, 3.63) is 217 Å². The van der Waals surface area contributed by atoms with Crippen LogP contribution in [0.25, 0.3) is 109 Å². The van der Waals surface area contributed by atoms with Crippen molar-refractivity contribution in [1.82, 2.24) is 4.57 Å². The maximum atomic E-state index is 6.98. The highest BCUT2D eigenvalue weighted by Crippen LogP contribution is 2.68. The zero-order valence-electron chi connectivity index (χ0n) is 37.7. The SMILES string of the molecule is CCC1C=C(c2cccc3ccccc23)C2C(C)C2(c2ccc3c(c2)oc2ccccc23)N=C1c1cc(-n2c3cc4ccccc4cc3c3cc4ccccc4cc32)c2c(c1)oc1ccccc12. The molecule has 0 amide bonds. The number of benzene rings is 10. The fourth-order valence-electron chi connectivity index (χ4n) is 12.5. The average Bonchev–Trinajstić information content (AvgIpc) is 3.61. The van der Waals surface area contributed by atoms with Crippen molar-refractivity contribution in [1.29, 1.82) is 0 Å². The zero-order chi connectivity index (χ0) is 44.8. The van der Waals surface area contributed by atoms with Crippen molar-refractivity contribution in [2.75, 3.05) is 0 Å². The van der Waals surface area contributed by atoms with Gasteiger partial charge in [0.25, 0.3) is 0 Å². The Hall–Kier alpha value is -8.21. The Kier molecular flexibility index (Phi) is 7.77. The molecule has 0 N–H and O–H groups in total. The van der Waals surface area contributed by atoms with E-state index in [0.29, 0.717) is 0 Å². The van der Waals surface area contributed by atoms with E-state index in [1.54, 1.807) is 0 Å². The quantitative estimate of drug-likeness (QED) is 0.173. The Morgan fingerprint density at radius 2 is 1.07 bits per heavy atom. The van der Waals surface area contributed by atoms with E-state index in [-0.39, 0.29) is 17.8 Å². The molecular weight excluding hydrogens is 829 g/mol. The van der Waals surface area contributed by atoms with Crippen molar-refractivity contribution >= 4 is 109 Å². The van der Waals surface area contributed by atoms with Gasteiger partial charge in [-0.15, -0.1) is 0 Å². The minimum Gasteiger partial charge on any atom is -0.456 e. The summed E-state index contributed by atoms with van der Waals surface area (Å²) in [6, 6.07) is 71.1. The van der Waals surface area contributed by atoms with Crippen molar-refractivity contribution in [3.8, 4) is 5.69 Å². The normalized spacial score (nSPS) is 19.5. The number of aromatic nitrogens is 1. The molecule has 1 aliphatic heterocycles. The summed E-state index contributed by atoms with van der Waals surface area (Å²) < 4.78 is 16.1. The number of rotatable bonds is 5. The molecule has 1 aliphatic carbocycles. The lowest BCUT2D eigenvalue weighted by Gasteiger charge is -2.21. The Bertz CT molecular complexity index is 4270. The molecule has 1 saturated carbocycles. The maximum Gasteiger partial charge on any atom is 0.138 e. The van der Waals surface area contributed by atoms with Gasteiger partial charge in [0.15, 0.2) is 0 Å². The van der Waals surface area contributed by atoms with Gasteiger partial charge < -0.3 is 13.4 Å². The molecule has 0 radical (unpaired) electrons. The van der Waals surface area contributed by atoms with E-state index in [4.69, 9.17) is 13.8 Å². The molecule has 4 nitrogen and oxygen atoms in total. The molecule has 0 spiro atoms. The van der Waals surface area contributed by atoms with Crippen LogP contribution in [0.15, 0.2) is 214 Å². The molecule has 4 unspecified atom stereocenters. The third kappa shape index (κ3) is 5.23. The Morgan fingerprint density at radius 3 is 1.78 bits per heavy atom. The average molecular weight is 873 g/mol. The second kappa shape index (κ2) is 13.9. The summed E-state index contributed by atoms with van der Waals surface area (Å²) in [5.41, 5.74) is 12.4. The number of nitrogens with zero attached hydrogens (tertiary/aromatic N) is 2. The molecule has 4 atom stereocenters. The molecule has 322 valence electrons. The van der Waals surface area contributed by atoms with Crippen LogP contribution in [0.1, 0.15) is 37.0 Å². The highest BCUT2D eigenvalue weighted by Gasteiger charge is 2.66. The lowest BCUT2D eigenvalue weighted by molar-refractivity contribution is 0.642. The second-order valence-corrected chi connectivity index (χ2v) is 19.3. The van der Waals surface area contributed by atoms with Crippen molar-refractivity contribution in [3.63, 3.8) is 0 Å². The summed E-state index contributed by atoms with van der Waals surface area (Å²) >= 11 is 0. The number of allylic oxidation sites excluding steroid dienone is 1. The molecule has 68 heavy (non-hydrogen) atoms. The lowest BCUT2D eigenvalue weighted by atomic mass is 9.87. The maximum absolute atomic E-state index is 6.98. The molecule has 0 bridgehead atoms. The molecule has 3 aromatic heterocycles. The predicted molar refractivity (Wildman–Crippen MR) is 283 cm³/mol. The topological polar surface area (TPSA) is 43.6 Å². The van der Waals surface area contributed by atoms with Gasteiger partial charge in [-0.2, -0.15) is 0 Å². The van der Waals surface area contributed by atoms with Gasteiger partial charge in [-0.3, -0.25) is 4.99 Å². The van der Waals surface area contributed by atoms with Crippen molar-refractivity contribution in [2.45, 2.75) is 25.8 Å². The van der Waals surface area contributed by atoms with Crippen LogP contribution in [-0.4, -0.2) is 10.3 Å². The minimum absolute atomic E-state index is 0.0245. The van der Waals surface area contributed by atoms with Gasteiger partial charge in [-0.05, 0) is 116 Å². The van der Waals surface area contributed by atoms with Gasteiger partial charge in [-0.1, -0.05) is 159 Å². The second-order valence-electron chi connectivity index (χ2n) is 19.3. The first-order chi connectivity index (χ1) is 33.5. The van der Waals surface area contributed by atoms with E-state index >= 15 is 0 Å². The van der Waals surface area contributed by atoms with Gasteiger partial charge in [0.1, 0.15) is 22.3 Å². The van der Waals surface area contributed by atoms with E-state index in [1.165, 1.54) is 59.8 Å². The van der Waals surface area contributed by atoms with Gasteiger partial charge in [0, 0.05) is 44.3 Å². The van der Waals surface area contributed by atoms with Crippen LogP contribution in [0.2, 0.25) is 0 Å². The monoisotopic (exact) mass is 872 g/mol. The van der Waals surface area contributed by atoms with Gasteiger partial charge in [0.2, 0.25) is 0 Å². The van der Waals surface area contributed by atoms with E-state index in [2.05, 4.69) is 213 Å². The van der Waals surface area contributed by atoms with Gasteiger partial charge in [0.05, 0.1) is 33.4 Å². The molecule has 0 saturated heterocycles. The van der Waals surface area contributed by atoms with Crippen LogP contribution in [-0.2, 0) is 5.54 Å². The molecule has 10 aromatic carbocycles. The third-order valence-electron chi connectivity index (χ3n) is 15.8. The van der Waals surface area contributed by atoms with Crippen molar-refractivity contribution < 1.29 is 8.83 Å². The van der Waals surface area contributed by atoms with Crippen LogP contribution in [0.4, 0.5) is 0 Å². The smallest absolute Gasteiger partial charge is 0.138 e. The molecule has 4 heteroatoms. The van der Waals surface area contributed by atoms with Gasteiger partial charge >= 0.3 is 0 Å². The molecule has 15 rings (SSSR count). The third-order valence-corrected chi connectivity index (χ3v) is 15.8. The van der Waals surface area contributed by atoms with Gasteiger partial charge in [-0.25, -0.2) is 0 Å². The Morgan fingerprint density at radius 1 is 0.500 bits per heavy atom. The first-order valence-electron chi connectivity index (χ1n) is 24.1. The number of hydrogen-bond donors (Lipinski definition) is 0. The highest BCUT2D eigenvalue weighted by atomic mass is 16.3. The summed E-state index contributed by atoms with van der Waals surface area (Å²) in [5, 5.41) is 14.3. The molecule has 4 heterocycles. The molecule has 1 fully saturated rings. The number of aliphatic imine (C=N–C) groups is 1. The van der Waals surface area contributed by atoms with E-state index in [1.807, 2.05) is 6.07 Å². The number of fused-ring (bicyclic) bond motifs is 13. The highest BCUT2D eigenvalue weighted by molar-refractivity contribution is 6.20. The zero-order valence-corrected chi connectivity index (χ0v) is 37.7. The first-order valence-corrected chi connectivity index (χ1v) is 24.1. The summed E-state index contributed by atoms with van der Waals surface area (Å²) in [6.07, 6.45) is 3.46. The minimum atomic E-state index is -0.539. The van der Waals surface area contributed by atoms with Crippen LogP contribution in [0.3, 0.4) is 0 Å². The summed E-state index contributed by atoms with van der Waals surface area (Å²) in [6.45, 7) is 4.72. The van der Waals surface area contributed by atoms with E-state index in [9.17, 15) is 0 Å². The lowest BCUT2D eigenvalue weighted by Crippen LogP contribution is -2.18. The predicted octanol–water partition coefficient (Wildman–Crippen LogP) is 17.1. The fourth-order valence-corrected chi connectivity index (χ4v) is 12.5. The standard InChI is InChI=1S/C64H44N2O2/c1-3-38-29-53(47-24-14-20-39-15-8-9-21-46(39)47)62-37(2)64(62,45-27-28-49-48-22-10-12-25-57(48)67-59(49)36-45)65-63(38)44-34-56(61-50-23-11-13-26-58(50)68-60(61)35-44)66-54-32-42-18-6-4-16-40(42)30-51(54)52-31-41-17-5-7-19-43(41)33-55(52)66/h4-38,62H,3H2,1-2H3. The summed E-state index contributed by atoms with van der Waals surface area (Å²) in [4.78, 5) is 6.23. The Labute approximate surface area is 392 Å². The number of para-hydroxylation sites is 2.